The SMILES string of the molecule is CN(C)C(C#Cc1ccc(Br)cc1)C#Cc1ccc(Br)cc1. The van der Waals surface area contributed by atoms with E-state index < -0.39 is 0 Å². The Morgan fingerprint density at radius 2 is 1.09 bits per heavy atom. The summed E-state index contributed by atoms with van der Waals surface area (Å²) in [6.07, 6.45) is 0. The smallest absolute Gasteiger partial charge is 0.134 e. The lowest BCUT2D eigenvalue weighted by Gasteiger charge is -2.12. The van der Waals surface area contributed by atoms with Gasteiger partial charge >= 0.3 is 0 Å². The Morgan fingerprint density at radius 1 is 0.727 bits per heavy atom. The largest absolute Gasteiger partial charge is 0.286 e. The monoisotopic (exact) mass is 415 g/mol. The molecule has 0 N–H and O–H groups in total. The summed E-state index contributed by atoms with van der Waals surface area (Å²) in [7, 11) is 3.97. The van der Waals surface area contributed by atoms with Gasteiger partial charge in [-0.1, -0.05) is 55.5 Å². The number of halogens is 2. The number of rotatable bonds is 1. The molecule has 0 unspecified atom stereocenters. The van der Waals surface area contributed by atoms with Crippen molar-refractivity contribution in [1.82, 2.24) is 4.90 Å². The maximum Gasteiger partial charge on any atom is 0.134 e. The number of hydrogen-bond acceptors (Lipinski definition) is 1. The van der Waals surface area contributed by atoms with Gasteiger partial charge in [-0.2, -0.15) is 0 Å². The molecule has 0 heterocycles. The van der Waals surface area contributed by atoms with Gasteiger partial charge in [0.1, 0.15) is 6.04 Å². The van der Waals surface area contributed by atoms with Crippen LogP contribution in [0.3, 0.4) is 0 Å². The van der Waals surface area contributed by atoms with E-state index in [1.54, 1.807) is 0 Å². The summed E-state index contributed by atoms with van der Waals surface area (Å²) in [4.78, 5) is 2.01. The Kier molecular flexibility index (Phi) is 6.28. The van der Waals surface area contributed by atoms with E-state index in [1.807, 2.05) is 67.5 Å². The Bertz CT molecular complexity index is 675. The van der Waals surface area contributed by atoms with Gasteiger partial charge in [-0.05, 0) is 62.6 Å². The lowest BCUT2D eigenvalue weighted by molar-refractivity contribution is 0.409. The van der Waals surface area contributed by atoms with Crippen molar-refractivity contribution in [2.24, 2.45) is 0 Å². The van der Waals surface area contributed by atoms with Crippen molar-refractivity contribution in [3.05, 3.63) is 68.6 Å². The zero-order chi connectivity index (χ0) is 15.9. The maximum absolute atomic E-state index is 3.42. The van der Waals surface area contributed by atoms with E-state index in [1.165, 1.54) is 0 Å². The molecule has 1 nitrogen and oxygen atoms in total. The van der Waals surface area contributed by atoms with Crippen molar-refractivity contribution < 1.29 is 0 Å². The minimum Gasteiger partial charge on any atom is -0.286 e. The summed E-state index contributed by atoms with van der Waals surface area (Å²) in [6, 6.07) is 15.8. The van der Waals surface area contributed by atoms with Crippen LogP contribution >= 0.6 is 31.9 Å². The molecule has 0 saturated carbocycles. The highest BCUT2D eigenvalue weighted by atomic mass is 79.9. The first-order chi connectivity index (χ1) is 10.5. The number of hydrogen-bond donors (Lipinski definition) is 0. The Morgan fingerprint density at radius 3 is 1.41 bits per heavy atom. The Labute approximate surface area is 149 Å². The van der Waals surface area contributed by atoms with Gasteiger partial charge in [0.2, 0.25) is 0 Å². The second-order valence-corrected chi connectivity index (χ2v) is 6.75. The average molecular weight is 417 g/mol. The molecular weight excluding hydrogens is 402 g/mol. The van der Waals surface area contributed by atoms with Crippen molar-refractivity contribution >= 4 is 31.9 Å². The molecule has 0 aromatic heterocycles. The average Bonchev–Trinajstić information content (AvgIpc) is 2.50. The summed E-state index contributed by atoms with van der Waals surface area (Å²) >= 11 is 6.84. The predicted molar refractivity (Wildman–Crippen MR) is 99.5 cm³/mol. The Hall–Kier alpha value is -1.52. The molecule has 0 saturated heterocycles. The first-order valence-corrected chi connectivity index (χ1v) is 8.34. The van der Waals surface area contributed by atoms with Crippen LogP contribution in [-0.2, 0) is 0 Å². The van der Waals surface area contributed by atoms with Crippen LogP contribution in [0.5, 0.6) is 0 Å². The van der Waals surface area contributed by atoms with Crippen molar-refractivity contribution in [3.63, 3.8) is 0 Å². The standard InChI is InChI=1S/C19H15Br2N/c1-22(2)19(13-7-15-3-9-17(20)10-4-15)14-8-16-5-11-18(21)12-6-16/h3-6,9-12,19H,1-2H3. The normalized spacial score (nSPS) is 9.91. The zero-order valence-electron chi connectivity index (χ0n) is 12.4. The molecule has 0 amide bonds. The van der Waals surface area contributed by atoms with E-state index in [4.69, 9.17) is 0 Å². The fourth-order valence-corrected chi connectivity index (χ4v) is 2.19. The van der Waals surface area contributed by atoms with E-state index in [-0.39, 0.29) is 6.04 Å². The van der Waals surface area contributed by atoms with Crippen molar-refractivity contribution in [2.75, 3.05) is 14.1 Å². The molecule has 0 spiro atoms. The first-order valence-electron chi connectivity index (χ1n) is 6.75. The van der Waals surface area contributed by atoms with Crippen molar-refractivity contribution in [2.45, 2.75) is 6.04 Å². The highest BCUT2D eigenvalue weighted by Gasteiger charge is 2.02. The van der Waals surface area contributed by atoms with E-state index in [9.17, 15) is 0 Å². The maximum atomic E-state index is 3.42. The van der Waals surface area contributed by atoms with Crippen LogP contribution in [0, 0.1) is 23.7 Å². The molecular formula is C19H15Br2N. The predicted octanol–water partition coefficient (Wildman–Crippen LogP) is 4.55. The van der Waals surface area contributed by atoms with Gasteiger partial charge in [-0.15, -0.1) is 0 Å². The molecule has 22 heavy (non-hydrogen) atoms. The second kappa shape index (κ2) is 8.20. The quantitative estimate of drug-likeness (QED) is 0.616. The number of nitrogens with zero attached hydrogens (tertiary/aromatic N) is 1. The fourth-order valence-electron chi connectivity index (χ4n) is 1.66. The van der Waals surface area contributed by atoms with Crippen LogP contribution in [0.15, 0.2) is 57.5 Å². The van der Waals surface area contributed by atoms with Crippen LogP contribution in [0.4, 0.5) is 0 Å². The highest BCUT2D eigenvalue weighted by Crippen LogP contribution is 2.10. The minimum atomic E-state index is -0.104. The van der Waals surface area contributed by atoms with Gasteiger partial charge in [-0.3, -0.25) is 4.90 Å². The molecule has 0 bridgehead atoms. The van der Waals surface area contributed by atoms with Crippen molar-refractivity contribution in [3.8, 4) is 23.7 Å². The van der Waals surface area contributed by atoms with Gasteiger partial charge in [0.05, 0.1) is 0 Å². The molecule has 0 aliphatic rings. The second-order valence-electron chi connectivity index (χ2n) is 4.92. The van der Waals surface area contributed by atoms with E-state index in [0.717, 1.165) is 20.1 Å². The highest BCUT2D eigenvalue weighted by molar-refractivity contribution is 9.10. The molecule has 0 atom stereocenters. The third kappa shape index (κ3) is 5.35. The van der Waals surface area contributed by atoms with Crippen LogP contribution < -0.4 is 0 Å². The third-order valence-corrected chi connectivity index (χ3v) is 3.97. The lowest BCUT2D eigenvalue weighted by Crippen LogP contribution is -2.24. The lowest BCUT2D eigenvalue weighted by atomic mass is 10.2. The van der Waals surface area contributed by atoms with Gasteiger partial charge < -0.3 is 0 Å². The summed E-state index contributed by atoms with van der Waals surface area (Å²) < 4.78 is 2.11. The molecule has 2 aromatic carbocycles. The summed E-state index contributed by atoms with van der Waals surface area (Å²) in [6.45, 7) is 0. The van der Waals surface area contributed by atoms with E-state index in [0.29, 0.717) is 0 Å². The van der Waals surface area contributed by atoms with E-state index in [2.05, 4.69) is 55.5 Å². The van der Waals surface area contributed by atoms with Crippen LogP contribution in [0.25, 0.3) is 0 Å². The van der Waals surface area contributed by atoms with Gasteiger partial charge in [0.25, 0.3) is 0 Å². The fraction of sp³-hybridized carbons (Fsp3) is 0.158. The molecule has 0 aliphatic carbocycles. The number of benzene rings is 2. The topological polar surface area (TPSA) is 3.24 Å². The molecule has 0 fully saturated rings. The molecule has 2 aromatic rings. The van der Waals surface area contributed by atoms with Gasteiger partial charge in [0.15, 0.2) is 0 Å². The minimum absolute atomic E-state index is 0.104. The first kappa shape index (κ1) is 16.8. The molecule has 0 aliphatic heterocycles. The van der Waals surface area contributed by atoms with Crippen LogP contribution in [0.2, 0.25) is 0 Å². The van der Waals surface area contributed by atoms with Gasteiger partial charge in [0, 0.05) is 20.1 Å². The summed E-state index contributed by atoms with van der Waals surface area (Å²) in [5.74, 6) is 12.8. The molecule has 0 radical (unpaired) electrons. The summed E-state index contributed by atoms with van der Waals surface area (Å²) in [5.41, 5.74) is 1.97. The van der Waals surface area contributed by atoms with Crippen LogP contribution in [-0.4, -0.2) is 25.0 Å². The molecule has 2 rings (SSSR count). The molecule has 3 heteroatoms. The molecule has 110 valence electrons. The van der Waals surface area contributed by atoms with Crippen molar-refractivity contribution in [1.29, 1.82) is 0 Å². The van der Waals surface area contributed by atoms with Crippen LogP contribution in [0.1, 0.15) is 11.1 Å². The summed E-state index contributed by atoms with van der Waals surface area (Å²) in [5, 5.41) is 0. The van der Waals surface area contributed by atoms with E-state index >= 15 is 0 Å². The van der Waals surface area contributed by atoms with Gasteiger partial charge in [-0.25, -0.2) is 0 Å². The third-order valence-electron chi connectivity index (χ3n) is 2.91. The zero-order valence-corrected chi connectivity index (χ0v) is 15.6. The Balaban J connectivity index is 2.18.